The topological polar surface area (TPSA) is 68.8 Å². The van der Waals surface area contributed by atoms with Gasteiger partial charge in [-0.15, -0.1) is 0 Å². The summed E-state index contributed by atoms with van der Waals surface area (Å²) in [6, 6.07) is 21.0. The standard InChI is InChI=1S/C23H25N5/c1-2-3-14-25-22-21-20(26-23(24)27-22)13-15-28(21)16-18-11-7-8-12-19(18)17-9-5-4-6-10-17/h4-13,15H,2-3,14,16H2,1H3,(H3,24,25,26,27). The van der Waals surface area contributed by atoms with Gasteiger partial charge in [-0.2, -0.15) is 4.98 Å². The SMILES string of the molecule is CCCCNc1nc(N)nc2ccn(Cc3ccccc3-c3ccccc3)c12. The van der Waals surface area contributed by atoms with Gasteiger partial charge >= 0.3 is 0 Å². The van der Waals surface area contributed by atoms with Gasteiger partial charge in [0.25, 0.3) is 0 Å². The summed E-state index contributed by atoms with van der Waals surface area (Å²) < 4.78 is 2.20. The first-order valence-corrected chi connectivity index (χ1v) is 9.76. The third-order valence-corrected chi connectivity index (χ3v) is 4.89. The zero-order valence-corrected chi connectivity index (χ0v) is 16.1. The van der Waals surface area contributed by atoms with Crippen LogP contribution in [0.25, 0.3) is 22.2 Å². The molecule has 0 unspecified atom stereocenters. The quantitative estimate of drug-likeness (QED) is 0.452. The van der Waals surface area contributed by atoms with E-state index in [0.717, 1.165) is 42.8 Å². The molecule has 2 aromatic heterocycles. The van der Waals surface area contributed by atoms with Gasteiger partial charge in [0, 0.05) is 19.3 Å². The molecule has 0 amide bonds. The van der Waals surface area contributed by atoms with E-state index in [4.69, 9.17) is 5.73 Å². The fraction of sp³-hybridized carbons (Fsp3) is 0.217. The normalized spacial score (nSPS) is 11.0. The largest absolute Gasteiger partial charge is 0.368 e. The minimum absolute atomic E-state index is 0.300. The summed E-state index contributed by atoms with van der Waals surface area (Å²) >= 11 is 0. The molecule has 0 radical (unpaired) electrons. The van der Waals surface area contributed by atoms with Gasteiger partial charge in [0.1, 0.15) is 5.52 Å². The van der Waals surface area contributed by atoms with Crippen molar-refractivity contribution in [2.24, 2.45) is 0 Å². The molecule has 5 nitrogen and oxygen atoms in total. The Labute approximate surface area is 165 Å². The maximum atomic E-state index is 5.92. The highest BCUT2D eigenvalue weighted by molar-refractivity contribution is 5.87. The number of hydrogen-bond acceptors (Lipinski definition) is 4. The van der Waals surface area contributed by atoms with Crippen molar-refractivity contribution in [3.63, 3.8) is 0 Å². The summed E-state index contributed by atoms with van der Waals surface area (Å²) in [5, 5.41) is 3.44. The van der Waals surface area contributed by atoms with Crippen LogP contribution in [0.5, 0.6) is 0 Å². The molecule has 2 heterocycles. The van der Waals surface area contributed by atoms with Gasteiger partial charge in [0.05, 0.1) is 5.52 Å². The molecule has 3 N–H and O–H groups in total. The molecule has 0 saturated carbocycles. The second kappa shape index (κ2) is 8.13. The van der Waals surface area contributed by atoms with Crippen LogP contribution in [0, 0.1) is 0 Å². The molecule has 0 atom stereocenters. The van der Waals surface area contributed by atoms with E-state index >= 15 is 0 Å². The average molecular weight is 371 g/mol. The third-order valence-electron chi connectivity index (χ3n) is 4.89. The lowest BCUT2D eigenvalue weighted by Crippen LogP contribution is -2.09. The lowest BCUT2D eigenvalue weighted by atomic mass is 10.00. The van der Waals surface area contributed by atoms with Crippen molar-refractivity contribution in [2.75, 3.05) is 17.6 Å². The van der Waals surface area contributed by atoms with E-state index in [0.29, 0.717) is 5.95 Å². The summed E-state index contributed by atoms with van der Waals surface area (Å²) in [5.41, 5.74) is 11.5. The fourth-order valence-corrected chi connectivity index (χ4v) is 3.50. The van der Waals surface area contributed by atoms with E-state index in [1.807, 2.05) is 12.1 Å². The van der Waals surface area contributed by atoms with Crippen LogP contribution in [0.2, 0.25) is 0 Å². The molecule has 0 spiro atoms. The van der Waals surface area contributed by atoms with Gasteiger partial charge in [-0.1, -0.05) is 67.9 Å². The van der Waals surface area contributed by atoms with Gasteiger partial charge in [0.15, 0.2) is 5.82 Å². The predicted molar refractivity (Wildman–Crippen MR) is 116 cm³/mol. The first-order chi connectivity index (χ1) is 13.8. The maximum Gasteiger partial charge on any atom is 0.222 e. The number of nitrogens with two attached hydrogens (primary N) is 1. The lowest BCUT2D eigenvalue weighted by molar-refractivity contribution is 0.820. The van der Waals surface area contributed by atoms with Crippen LogP contribution in [0.4, 0.5) is 11.8 Å². The third kappa shape index (κ3) is 3.69. The summed E-state index contributed by atoms with van der Waals surface area (Å²) in [4.78, 5) is 8.88. The molecular formula is C23H25N5. The number of rotatable bonds is 7. The Morgan fingerprint density at radius 2 is 1.75 bits per heavy atom. The Morgan fingerprint density at radius 1 is 0.964 bits per heavy atom. The number of nitrogen functional groups attached to an aromatic ring is 1. The molecule has 4 rings (SSSR count). The number of unbranched alkanes of at least 4 members (excludes halogenated alkanes) is 1. The number of nitrogens with zero attached hydrogens (tertiary/aromatic N) is 3. The monoisotopic (exact) mass is 371 g/mol. The fourth-order valence-electron chi connectivity index (χ4n) is 3.50. The minimum atomic E-state index is 0.300. The van der Waals surface area contributed by atoms with Crippen LogP contribution in [0.15, 0.2) is 66.9 Å². The van der Waals surface area contributed by atoms with Gasteiger partial charge < -0.3 is 15.6 Å². The van der Waals surface area contributed by atoms with E-state index < -0.39 is 0 Å². The predicted octanol–water partition coefficient (Wildman–Crippen LogP) is 4.94. The number of fused-ring (bicyclic) bond motifs is 1. The molecule has 0 saturated heterocycles. The molecule has 0 aliphatic heterocycles. The zero-order chi connectivity index (χ0) is 19.3. The first kappa shape index (κ1) is 18.0. The van der Waals surface area contributed by atoms with Gasteiger partial charge in [-0.25, -0.2) is 4.98 Å². The van der Waals surface area contributed by atoms with Crippen LogP contribution in [-0.2, 0) is 6.54 Å². The van der Waals surface area contributed by atoms with Crippen molar-refractivity contribution in [3.05, 3.63) is 72.4 Å². The van der Waals surface area contributed by atoms with E-state index in [1.165, 1.54) is 16.7 Å². The van der Waals surface area contributed by atoms with Crippen LogP contribution >= 0.6 is 0 Å². The van der Waals surface area contributed by atoms with E-state index in [9.17, 15) is 0 Å². The van der Waals surface area contributed by atoms with Crippen LogP contribution < -0.4 is 11.1 Å². The maximum absolute atomic E-state index is 5.92. The first-order valence-electron chi connectivity index (χ1n) is 9.76. The van der Waals surface area contributed by atoms with Crippen LogP contribution in [-0.4, -0.2) is 21.1 Å². The Kier molecular flexibility index (Phi) is 5.24. The summed E-state index contributed by atoms with van der Waals surface area (Å²) in [6.45, 7) is 3.78. The van der Waals surface area contributed by atoms with Crippen LogP contribution in [0.3, 0.4) is 0 Å². The number of hydrogen-bond donors (Lipinski definition) is 2. The Morgan fingerprint density at radius 3 is 2.57 bits per heavy atom. The van der Waals surface area contributed by atoms with E-state index in [-0.39, 0.29) is 0 Å². The van der Waals surface area contributed by atoms with Crippen molar-refractivity contribution >= 4 is 22.8 Å². The van der Waals surface area contributed by atoms with Crippen molar-refractivity contribution in [1.29, 1.82) is 0 Å². The molecule has 0 bridgehead atoms. The Balaban J connectivity index is 1.73. The number of nitrogens with one attached hydrogen (secondary N) is 1. The highest BCUT2D eigenvalue weighted by Gasteiger charge is 2.13. The second-order valence-corrected chi connectivity index (χ2v) is 6.91. The Bertz CT molecular complexity index is 1070. The number of benzene rings is 2. The smallest absolute Gasteiger partial charge is 0.222 e. The molecule has 0 fully saturated rings. The van der Waals surface area contributed by atoms with Crippen molar-refractivity contribution in [1.82, 2.24) is 14.5 Å². The molecule has 0 aliphatic carbocycles. The zero-order valence-electron chi connectivity index (χ0n) is 16.1. The summed E-state index contributed by atoms with van der Waals surface area (Å²) in [6.07, 6.45) is 4.27. The van der Waals surface area contributed by atoms with Crippen LogP contribution in [0.1, 0.15) is 25.3 Å². The second-order valence-electron chi connectivity index (χ2n) is 6.91. The number of aromatic nitrogens is 3. The Hall–Kier alpha value is -3.34. The van der Waals surface area contributed by atoms with Gasteiger partial charge in [-0.05, 0) is 29.2 Å². The summed E-state index contributed by atoms with van der Waals surface area (Å²) in [7, 11) is 0. The highest BCUT2D eigenvalue weighted by atomic mass is 15.1. The lowest BCUT2D eigenvalue weighted by Gasteiger charge is -2.14. The highest BCUT2D eigenvalue weighted by Crippen LogP contribution is 2.28. The van der Waals surface area contributed by atoms with Crippen molar-refractivity contribution in [3.8, 4) is 11.1 Å². The molecule has 0 aliphatic rings. The molecule has 4 aromatic rings. The molecule has 5 heteroatoms. The van der Waals surface area contributed by atoms with Crippen molar-refractivity contribution in [2.45, 2.75) is 26.3 Å². The average Bonchev–Trinajstić information content (AvgIpc) is 3.12. The molecule has 28 heavy (non-hydrogen) atoms. The van der Waals surface area contributed by atoms with E-state index in [2.05, 4.69) is 81.5 Å². The van der Waals surface area contributed by atoms with E-state index in [1.54, 1.807) is 0 Å². The molecule has 142 valence electrons. The van der Waals surface area contributed by atoms with Gasteiger partial charge in [-0.3, -0.25) is 0 Å². The van der Waals surface area contributed by atoms with Crippen molar-refractivity contribution < 1.29 is 0 Å². The van der Waals surface area contributed by atoms with Gasteiger partial charge in [0.2, 0.25) is 5.95 Å². The minimum Gasteiger partial charge on any atom is -0.368 e. The molecule has 2 aromatic carbocycles. The summed E-state index contributed by atoms with van der Waals surface area (Å²) in [5.74, 6) is 1.10. The molecular weight excluding hydrogens is 346 g/mol. The number of anilines is 2.